The Morgan fingerprint density at radius 3 is 2.66 bits per heavy atom. The molecule has 0 spiro atoms. The molecule has 4 aromatic rings. The summed E-state index contributed by atoms with van der Waals surface area (Å²) in [6.07, 6.45) is 1.52. The fourth-order valence-corrected chi connectivity index (χ4v) is 4.09. The number of nitrogens with one attached hydrogen (secondary N) is 3. The number of benzene rings is 2. The zero-order chi connectivity index (χ0) is 22.5. The summed E-state index contributed by atoms with van der Waals surface area (Å²) >= 11 is -0.848. The number of pyridine rings is 1. The standard InChI is InChI=1S/C21H19N5O4S2/c1-22-20(27)18-10-16(8-9-23-18)30-15-6-7-17-19(11-15)31-21(25-17)24-12-13-2-4-14(5-3-13)26-32(28)29/h2-11,26H,12H2,1H3,(H,22,27)(H,24,25)(H,28,29)/p-1. The van der Waals surface area contributed by atoms with Gasteiger partial charge < -0.3 is 24.6 Å². The summed E-state index contributed by atoms with van der Waals surface area (Å²) in [5.41, 5.74) is 2.61. The van der Waals surface area contributed by atoms with E-state index in [9.17, 15) is 13.6 Å². The van der Waals surface area contributed by atoms with Gasteiger partial charge in [-0.3, -0.25) is 14.0 Å². The van der Waals surface area contributed by atoms with Gasteiger partial charge in [-0.05, 0) is 35.9 Å². The second-order valence-electron chi connectivity index (χ2n) is 6.59. The highest BCUT2D eigenvalue weighted by atomic mass is 32.2. The first-order valence-corrected chi connectivity index (χ1v) is 11.3. The first kappa shape index (κ1) is 21.7. The number of rotatable bonds is 8. The molecule has 2 aromatic heterocycles. The number of anilines is 2. The fraction of sp³-hybridized carbons (Fsp3) is 0.0952. The minimum atomic E-state index is -2.34. The van der Waals surface area contributed by atoms with Gasteiger partial charge in [0.2, 0.25) is 0 Å². The Hall–Kier alpha value is -3.54. The zero-order valence-corrected chi connectivity index (χ0v) is 18.5. The molecular weight excluding hydrogens is 450 g/mol. The largest absolute Gasteiger partial charge is 0.755 e. The van der Waals surface area contributed by atoms with Crippen LogP contribution in [0.25, 0.3) is 10.2 Å². The maximum atomic E-state index is 11.7. The van der Waals surface area contributed by atoms with Gasteiger partial charge in [0.25, 0.3) is 5.91 Å². The van der Waals surface area contributed by atoms with Gasteiger partial charge in [-0.2, -0.15) is 0 Å². The number of nitrogens with zero attached hydrogens (tertiary/aromatic N) is 2. The highest BCUT2D eigenvalue weighted by Crippen LogP contribution is 2.31. The molecule has 164 valence electrons. The molecule has 0 bridgehead atoms. The number of carbonyl (C=O) groups is 1. The van der Waals surface area contributed by atoms with Crippen LogP contribution in [-0.2, 0) is 17.8 Å². The lowest BCUT2D eigenvalue weighted by molar-refractivity contribution is 0.0958. The van der Waals surface area contributed by atoms with Crippen molar-refractivity contribution >= 4 is 49.5 Å². The first-order valence-electron chi connectivity index (χ1n) is 9.45. The van der Waals surface area contributed by atoms with Gasteiger partial charge in [0, 0.05) is 48.9 Å². The van der Waals surface area contributed by atoms with Gasteiger partial charge in [-0.1, -0.05) is 23.5 Å². The summed E-state index contributed by atoms with van der Waals surface area (Å²) in [6, 6.07) is 15.9. The molecule has 0 saturated carbocycles. The third kappa shape index (κ3) is 5.38. The molecular formula is C21H18N5O4S2-. The average molecular weight is 469 g/mol. The topological polar surface area (TPSA) is 128 Å². The van der Waals surface area contributed by atoms with Crippen LogP contribution in [0.15, 0.2) is 60.8 Å². The summed E-state index contributed by atoms with van der Waals surface area (Å²) in [4.78, 5) is 20.4. The van der Waals surface area contributed by atoms with Gasteiger partial charge >= 0.3 is 0 Å². The van der Waals surface area contributed by atoms with Crippen molar-refractivity contribution in [1.29, 1.82) is 0 Å². The van der Waals surface area contributed by atoms with Crippen molar-refractivity contribution in [3.05, 3.63) is 72.1 Å². The molecule has 4 rings (SSSR count). The second-order valence-corrected chi connectivity index (χ2v) is 8.30. The molecule has 3 N–H and O–H groups in total. The summed E-state index contributed by atoms with van der Waals surface area (Å²) in [7, 11) is 1.55. The molecule has 1 amide bonds. The third-order valence-electron chi connectivity index (χ3n) is 4.39. The van der Waals surface area contributed by atoms with Crippen molar-refractivity contribution in [3.8, 4) is 11.5 Å². The number of aromatic nitrogens is 2. The predicted molar refractivity (Wildman–Crippen MR) is 124 cm³/mol. The van der Waals surface area contributed by atoms with Gasteiger partial charge in [-0.25, -0.2) is 4.98 Å². The van der Waals surface area contributed by atoms with Crippen molar-refractivity contribution in [2.75, 3.05) is 17.1 Å². The van der Waals surface area contributed by atoms with Crippen LogP contribution in [0.4, 0.5) is 10.8 Å². The Kier molecular flexibility index (Phi) is 6.59. The molecule has 1 unspecified atom stereocenters. The number of hydrogen-bond acceptors (Lipinski definition) is 8. The van der Waals surface area contributed by atoms with Crippen molar-refractivity contribution in [2.24, 2.45) is 0 Å². The zero-order valence-electron chi connectivity index (χ0n) is 16.8. The lowest BCUT2D eigenvalue weighted by atomic mass is 10.2. The van der Waals surface area contributed by atoms with E-state index in [4.69, 9.17) is 4.74 Å². The normalized spacial score (nSPS) is 11.7. The van der Waals surface area contributed by atoms with E-state index >= 15 is 0 Å². The Labute approximate surface area is 190 Å². The molecule has 0 aliphatic heterocycles. The molecule has 1 atom stereocenters. The average Bonchev–Trinajstić information content (AvgIpc) is 3.20. The van der Waals surface area contributed by atoms with Gasteiger partial charge in [0.15, 0.2) is 5.13 Å². The van der Waals surface area contributed by atoms with Crippen molar-refractivity contribution < 1.29 is 18.3 Å². The summed E-state index contributed by atoms with van der Waals surface area (Å²) in [6.45, 7) is 0.545. The van der Waals surface area contributed by atoms with Crippen LogP contribution >= 0.6 is 11.3 Å². The fourth-order valence-electron chi connectivity index (χ4n) is 2.87. The molecule has 0 fully saturated rings. The van der Waals surface area contributed by atoms with E-state index < -0.39 is 11.3 Å². The second kappa shape index (κ2) is 9.73. The van der Waals surface area contributed by atoms with Gasteiger partial charge in [0.1, 0.15) is 17.2 Å². The van der Waals surface area contributed by atoms with E-state index in [0.717, 1.165) is 20.9 Å². The lowest BCUT2D eigenvalue weighted by Gasteiger charge is -2.09. The van der Waals surface area contributed by atoms with Crippen molar-refractivity contribution in [1.82, 2.24) is 15.3 Å². The van der Waals surface area contributed by atoms with Crippen LogP contribution in [0.3, 0.4) is 0 Å². The van der Waals surface area contributed by atoms with E-state index in [-0.39, 0.29) is 11.6 Å². The SMILES string of the molecule is CNC(=O)c1cc(Oc2ccc3nc(NCc4ccc(NS(=O)[O-])cc4)sc3c2)ccn1. The molecule has 2 heterocycles. The molecule has 0 radical (unpaired) electrons. The molecule has 32 heavy (non-hydrogen) atoms. The van der Waals surface area contributed by atoms with E-state index in [1.54, 1.807) is 31.3 Å². The smallest absolute Gasteiger partial charge is 0.269 e. The van der Waals surface area contributed by atoms with Crippen LogP contribution in [0.1, 0.15) is 16.1 Å². The number of thiazole rings is 1. The molecule has 11 heteroatoms. The van der Waals surface area contributed by atoms with Gasteiger partial charge in [-0.15, -0.1) is 0 Å². The quantitative estimate of drug-likeness (QED) is 0.337. The van der Waals surface area contributed by atoms with Crippen LogP contribution in [0.5, 0.6) is 11.5 Å². The van der Waals surface area contributed by atoms with Crippen LogP contribution in [0, 0.1) is 0 Å². The van der Waals surface area contributed by atoms with Gasteiger partial charge in [0.05, 0.1) is 10.2 Å². The van der Waals surface area contributed by atoms with E-state index in [2.05, 4.69) is 25.3 Å². The Morgan fingerprint density at radius 1 is 1.12 bits per heavy atom. The molecule has 0 aliphatic rings. The van der Waals surface area contributed by atoms with Crippen LogP contribution in [-0.4, -0.2) is 31.7 Å². The number of amides is 1. The van der Waals surface area contributed by atoms with Crippen molar-refractivity contribution in [3.63, 3.8) is 0 Å². The third-order valence-corrected chi connectivity index (χ3v) is 5.76. The monoisotopic (exact) mass is 468 g/mol. The summed E-state index contributed by atoms with van der Waals surface area (Å²) in [5.74, 6) is 0.857. The van der Waals surface area contributed by atoms with Crippen LogP contribution in [0.2, 0.25) is 0 Å². The van der Waals surface area contributed by atoms with E-state index in [0.29, 0.717) is 23.7 Å². The highest BCUT2D eigenvalue weighted by molar-refractivity contribution is 7.80. The van der Waals surface area contributed by atoms with E-state index in [1.165, 1.54) is 17.5 Å². The summed E-state index contributed by atoms with van der Waals surface area (Å²) in [5, 5.41) is 6.57. The van der Waals surface area contributed by atoms with Crippen molar-refractivity contribution in [2.45, 2.75) is 6.54 Å². The first-order chi connectivity index (χ1) is 15.5. The maximum absolute atomic E-state index is 11.7. The maximum Gasteiger partial charge on any atom is 0.269 e. The molecule has 2 aromatic carbocycles. The minimum Gasteiger partial charge on any atom is -0.755 e. The predicted octanol–water partition coefficient (Wildman–Crippen LogP) is 3.66. The number of carbonyl (C=O) groups excluding carboxylic acids is 1. The lowest BCUT2D eigenvalue weighted by Crippen LogP contribution is -2.18. The highest BCUT2D eigenvalue weighted by Gasteiger charge is 2.09. The number of hydrogen-bond donors (Lipinski definition) is 3. The Bertz CT molecular complexity index is 1280. The molecule has 0 saturated heterocycles. The molecule has 0 aliphatic carbocycles. The minimum absolute atomic E-state index is 0.278. The number of ether oxygens (including phenoxy) is 1. The Balaban J connectivity index is 1.43. The molecule has 9 nitrogen and oxygen atoms in total. The number of fused-ring (bicyclic) bond motifs is 1. The van der Waals surface area contributed by atoms with Crippen LogP contribution < -0.4 is 20.1 Å². The van der Waals surface area contributed by atoms with E-state index in [1.807, 2.05) is 30.3 Å². The summed E-state index contributed by atoms with van der Waals surface area (Å²) < 4.78 is 30.5. The Morgan fingerprint density at radius 2 is 1.91 bits per heavy atom.